The molecule has 1 aliphatic heterocycles. The van der Waals surface area contributed by atoms with Crippen LogP contribution in [0.1, 0.15) is 48.5 Å². The molecule has 0 bridgehead atoms. The number of amides is 1. The maximum Gasteiger partial charge on any atom is 0.412 e. The molecule has 1 fully saturated rings. The van der Waals surface area contributed by atoms with Gasteiger partial charge in [-0.1, -0.05) is 19.0 Å². The average Bonchev–Trinajstić information content (AvgIpc) is 2.68. The van der Waals surface area contributed by atoms with Crippen LogP contribution >= 0.6 is 0 Å². The zero-order valence-corrected chi connectivity index (χ0v) is 14.7. The Morgan fingerprint density at radius 1 is 1.50 bits per heavy atom. The fourth-order valence-corrected chi connectivity index (χ4v) is 2.60. The summed E-state index contributed by atoms with van der Waals surface area (Å²) in [6, 6.07) is -0.103. The van der Waals surface area contributed by atoms with Gasteiger partial charge in [-0.25, -0.2) is 4.79 Å². The summed E-state index contributed by atoms with van der Waals surface area (Å²) in [5, 5.41) is 3.63. The van der Waals surface area contributed by atoms with Gasteiger partial charge in [0.2, 0.25) is 0 Å². The summed E-state index contributed by atoms with van der Waals surface area (Å²) in [6.45, 7) is 14.2. The van der Waals surface area contributed by atoms with E-state index < -0.39 is 11.3 Å². The van der Waals surface area contributed by atoms with Crippen molar-refractivity contribution in [1.82, 2.24) is 4.90 Å². The van der Waals surface area contributed by atoms with Gasteiger partial charge in [-0.3, -0.25) is 4.90 Å². The van der Waals surface area contributed by atoms with Gasteiger partial charge in [0.1, 0.15) is 11.3 Å². The van der Waals surface area contributed by atoms with E-state index in [1.807, 2.05) is 48.5 Å². The Hall–Kier alpha value is -1.46. The number of azide groups is 1. The van der Waals surface area contributed by atoms with E-state index in [1.165, 1.54) is 0 Å². The molecule has 126 valence electrons. The molecule has 0 aromatic heterocycles. The first kappa shape index (κ1) is 18.6. The van der Waals surface area contributed by atoms with Gasteiger partial charge in [0, 0.05) is 11.5 Å². The van der Waals surface area contributed by atoms with Gasteiger partial charge < -0.3 is 9.47 Å². The zero-order chi connectivity index (χ0) is 17.1. The second-order valence-corrected chi connectivity index (χ2v) is 7.43. The van der Waals surface area contributed by atoms with Crippen LogP contribution < -0.4 is 0 Å². The van der Waals surface area contributed by atoms with Crippen LogP contribution in [0.2, 0.25) is 0 Å². The fraction of sp³-hybridized carbons (Fsp3) is 0.933. The van der Waals surface area contributed by atoms with Crippen LogP contribution in [-0.2, 0) is 9.47 Å². The predicted octanol–water partition coefficient (Wildman–Crippen LogP) is 3.94. The summed E-state index contributed by atoms with van der Waals surface area (Å²) in [5.74, 6) is 0.267. The van der Waals surface area contributed by atoms with Gasteiger partial charge in [0.05, 0.1) is 12.6 Å². The molecule has 0 aromatic rings. The van der Waals surface area contributed by atoms with Crippen LogP contribution in [0.4, 0.5) is 4.79 Å². The first-order chi connectivity index (χ1) is 9.99. The molecule has 1 unspecified atom stereocenters. The molecule has 3 atom stereocenters. The van der Waals surface area contributed by atoms with Gasteiger partial charge in [0.15, 0.2) is 0 Å². The number of ether oxygens (including phenoxy) is 2. The Kier molecular flexibility index (Phi) is 5.70. The molecule has 1 saturated heterocycles. The normalized spacial score (nSPS) is 23.6. The van der Waals surface area contributed by atoms with Gasteiger partial charge in [0.25, 0.3) is 0 Å². The van der Waals surface area contributed by atoms with E-state index in [-0.39, 0.29) is 24.0 Å². The number of carbonyl (C=O) groups is 1. The van der Waals surface area contributed by atoms with E-state index >= 15 is 0 Å². The maximum atomic E-state index is 12.6. The third-order valence-electron chi connectivity index (χ3n) is 4.05. The van der Waals surface area contributed by atoms with Crippen molar-refractivity contribution >= 4 is 6.09 Å². The van der Waals surface area contributed by atoms with Crippen LogP contribution in [-0.4, -0.2) is 41.5 Å². The SMILES string of the molecule is CC([C@H]1COC(C)(C)N1C(=O)OC(C)(C)C)[C@@H](C)CN=[N+]=[N-]. The summed E-state index contributed by atoms with van der Waals surface area (Å²) in [4.78, 5) is 17.1. The first-order valence-electron chi connectivity index (χ1n) is 7.66. The number of nitrogens with zero attached hydrogens (tertiary/aromatic N) is 4. The first-order valence-corrected chi connectivity index (χ1v) is 7.66. The molecule has 0 aromatic carbocycles. The molecule has 22 heavy (non-hydrogen) atoms. The molecule has 1 aliphatic rings. The minimum atomic E-state index is -0.709. The predicted molar refractivity (Wildman–Crippen MR) is 84.2 cm³/mol. The van der Waals surface area contributed by atoms with Crippen molar-refractivity contribution in [3.05, 3.63) is 10.4 Å². The van der Waals surface area contributed by atoms with Crippen molar-refractivity contribution < 1.29 is 14.3 Å². The minimum absolute atomic E-state index is 0.103. The molecule has 1 amide bonds. The fourth-order valence-electron chi connectivity index (χ4n) is 2.60. The van der Waals surface area contributed by atoms with E-state index in [2.05, 4.69) is 10.0 Å². The summed E-state index contributed by atoms with van der Waals surface area (Å²) in [7, 11) is 0. The second kappa shape index (κ2) is 6.75. The van der Waals surface area contributed by atoms with Crippen LogP contribution in [0.15, 0.2) is 5.11 Å². The summed E-state index contributed by atoms with van der Waals surface area (Å²) < 4.78 is 11.3. The Balaban J connectivity index is 2.93. The molecular weight excluding hydrogens is 284 g/mol. The Morgan fingerprint density at radius 2 is 2.09 bits per heavy atom. The lowest BCUT2D eigenvalue weighted by Crippen LogP contribution is -2.52. The molecule has 7 heteroatoms. The molecule has 1 heterocycles. The standard InChI is InChI=1S/C15H28N4O3/c1-10(8-17-18-16)11(2)12-9-21-15(6,7)19(12)13(20)22-14(3,4)5/h10-12H,8-9H2,1-7H3/t10-,11?,12+/m0/s1. The maximum absolute atomic E-state index is 12.6. The van der Waals surface area contributed by atoms with Crippen LogP contribution in [0.3, 0.4) is 0 Å². The highest BCUT2D eigenvalue weighted by molar-refractivity contribution is 5.69. The molecule has 0 aliphatic carbocycles. The van der Waals surface area contributed by atoms with Crippen LogP contribution in [0.25, 0.3) is 10.4 Å². The topological polar surface area (TPSA) is 87.5 Å². The third kappa shape index (κ3) is 4.52. The number of carbonyl (C=O) groups excluding carboxylic acids is 1. The molecule has 0 saturated carbocycles. The van der Waals surface area contributed by atoms with E-state index in [1.54, 1.807) is 4.90 Å². The quantitative estimate of drug-likeness (QED) is 0.447. The molecule has 0 spiro atoms. The number of hydrogen-bond acceptors (Lipinski definition) is 4. The van der Waals surface area contributed by atoms with E-state index in [0.717, 1.165) is 0 Å². The van der Waals surface area contributed by atoms with Crippen LogP contribution in [0, 0.1) is 11.8 Å². The lowest BCUT2D eigenvalue weighted by atomic mass is 9.88. The van der Waals surface area contributed by atoms with Crippen molar-refractivity contribution in [2.75, 3.05) is 13.2 Å². The lowest BCUT2D eigenvalue weighted by molar-refractivity contribution is -0.0649. The number of rotatable bonds is 4. The molecular formula is C15H28N4O3. The zero-order valence-electron chi connectivity index (χ0n) is 14.7. The van der Waals surface area contributed by atoms with E-state index in [4.69, 9.17) is 15.0 Å². The van der Waals surface area contributed by atoms with Crippen molar-refractivity contribution in [2.24, 2.45) is 17.0 Å². The summed E-state index contributed by atoms with van der Waals surface area (Å²) in [6.07, 6.45) is -0.372. The lowest BCUT2D eigenvalue weighted by Gasteiger charge is -2.38. The van der Waals surface area contributed by atoms with Gasteiger partial charge in [-0.2, -0.15) is 0 Å². The van der Waals surface area contributed by atoms with Crippen molar-refractivity contribution in [2.45, 2.75) is 65.8 Å². The van der Waals surface area contributed by atoms with Crippen molar-refractivity contribution in [3.8, 4) is 0 Å². The Morgan fingerprint density at radius 3 is 2.59 bits per heavy atom. The average molecular weight is 312 g/mol. The van der Waals surface area contributed by atoms with Crippen molar-refractivity contribution in [3.63, 3.8) is 0 Å². The summed E-state index contributed by atoms with van der Waals surface area (Å²) in [5.41, 5.74) is 7.20. The van der Waals surface area contributed by atoms with E-state index in [0.29, 0.717) is 13.2 Å². The third-order valence-corrected chi connectivity index (χ3v) is 4.05. The highest BCUT2D eigenvalue weighted by atomic mass is 16.6. The van der Waals surface area contributed by atoms with Crippen LogP contribution in [0.5, 0.6) is 0 Å². The molecule has 0 N–H and O–H groups in total. The summed E-state index contributed by atoms with van der Waals surface area (Å²) >= 11 is 0. The molecule has 1 rings (SSSR count). The second-order valence-electron chi connectivity index (χ2n) is 7.43. The molecule has 0 radical (unpaired) electrons. The smallest absolute Gasteiger partial charge is 0.412 e. The highest BCUT2D eigenvalue weighted by Crippen LogP contribution is 2.35. The van der Waals surface area contributed by atoms with Crippen molar-refractivity contribution in [1.29, 1.82) is 0 Å². The Labute approximate surface area is 132 Å². The highest BCUT2D eigenvalue weighted by Gasteiger charge is 2.48. The Bertz CT molecular complexity index is 452. The van der Waals surface area contributed by atoms with E-state index in [9.17, 15) is 4.79 Å². The van der Waals surface area contributed by atoms with Gasteiger partial charge >= 0.3 is 6.09 Å². The monoisotopic (exact) mass is 312 g/mol. The molecule has 7 nitrogen and oxygen atoms in total. The van der Waals surface area contributed by atoms with Gasteiger partial charge in [-0.05, 0) is 52.0 Å². The largest absolute Gasteiger partial charge is 0.444 e. The number of hydrogen-bond donors (Lipinski definition) is 0. The van der Waals surface area contributed by atoms with Gasteiger partial charge in [-0.15, -0.1) is 0 Å². The minimum Gasteiger partial charge on any atom is -0.444 e.